The Labute approximate surface area is 139 Å². The van der Waals surface area contributed by atoms with Crippen LogP contribution in [0.3, 0.4) is 0 Å². The number of thioether (sulfide) groups is 1. The van der Waals surface area contributed by atoms with Crippen LogP contribution in [0, 0.1) is 0 Å². The molecule has 0 radical (unpaired) electrons. The van der Waals surface area contributed by atoms with Gasteiger partial charge in [0.05, 0.1) is 15.6 Å². The Kier molecular flexibility index (Phi) is 4.88. The predicted octanol–water partition coefficient (Wildman–Crippen LogP) is 4.33. The zero-order valence-electron chi connectivity index (χ0n) is 10.6. The molecule has 0 spiro atoms. The zero-order valence-corrected chi connectivity index (χ0v) is 12.9. The molecule has 0 saturated heterocycles. The highest BCUT2D eigenvalue weighted by Crippen LogP contribution is 2.48. The zero-order chi connectivity index (χ0) is 17.4. The van der Waals surface area contributed by atoms with E-state index < -0.39 is 55.2 Å². The third kappa shape index (κ3) is 4.12. The van der Waals surface area contributed by atoms with Crippen molar-refractivity contribution in [3.8, 4) is 0 Å². The molecule has 12 heteroatoms. The summed E-state index contributed by atoms with van der Waals surface area (Å²) < 4.78 is 66.2. The number of hydrogen-bond donors (Lipinski definition) is 1. The minimum atomic E-state index is -4.95. The van der Waals surface area contributed by atoms with Gasteiger partial charge >= 0.3 is 11.4 Å². The molecule has 2 aromatic heterocycles. The summed E-state index contributed by atoms with van der Waals surface area (Å²) in [4.78, 5) is 19.5. The van der Waals surface area contributed by atoms with Crippen molar-refractivity contribution in [2.45, 2.75) is 16.6 Å². The molecule has 0 bridgehead atoms. The Morgan fingerprint density at radius 3 is 2.17 bits per heavy atom. The predicted molar refractivity (Wildman–Crippen MR) is 73.9 cm³/mol. The largest absolute Gasteiger partial charge is 0.433 e. The van der Waals surface area contributed by atoms with Crippen LogP contribution >= 0.6 is 35.0 Å². The van der Waals surface area contributed by atoms with Crippen molar-refractivity contribution in [2.75, 3.05) is 0 Å². The van der Waals surface area contributed by atoms with Crippen molar-refractivity contribution < 1.29 is 22.0 Å². The number of rotatable bonds is 3. The third-order valence-corrected chi connectivity index (χ3v) is 3.80. The monoisotopic (exact) mass is 391 g/mol. The average molecular weight is 392 g/mol. The SMILES string of the molecule is O=c1cc(C(F)(F)F)nc(SC(F)(F)c2c(Cl)cncc2Cl)[nH]1. The van der Waals surface area contributed by atoms with Gasteiger partial charge in [-0.05, 0) is 11.8 Å². The number of pyridine rings is 1. The van der Waals surface area contributed by atoms with Crippen LogP contribution in [0.25, 0.3) is 0 Å². The van der Waals surface area contributed by atoms with E-state index in [1.807, 2.05) is 0 Å². The van der Waals surface area contributed by atoms with Gasteiger partial charge in [0.15, 0.2) is 10.9 Å². The number of hydrogen-bond acceptors (Lipinski definition) is 4. The number of nitrogens with zero attached hydrogens (tertiary/aromatic N) is 2. The first kappa shape index (κ1) is 18.0. The van der Waals surface area contributed by atoms with Crippen molar-refractivity contribution in [2.24, 2.45) is 0 Å². The first-order valence-electron chi connectivity index (χ1n) is 5.55. The quantitative estimate of drug-likeness (QED) is 0.480. The lowest BCUT2D eigenvalue weighted by Crippen LogP contribution is -2.19. The van der Waals surface area contributed by atoms with Gasteiger partial charge in [-0.15, -0.1) is 0 Å². The van der Waals surface area contributed by atoms with Crippen LogP contribution in [0.15, 0.2) is 28.4 Å². The summed E-state index contributed by atoms with van der Waals surface area (Å²) >= 11 is 10.8. The number of halogens is 7. The molecule has 0 aliphatic rings. The molecular weight excluding hydrogens is 388 g/mol. The van der Waals surface area contributed by atoms with Gasteiger partial charge < -0.3 is 4.98 Å². The van der Waals surface area contributed by atoms with E-state index in [9.17, 15) is 26.7 Å². The topological polar surface area (TPSA) is 58.6 Å². The van der Waals surface area contributed by atoms with Crippen molar-refractivity contribution in [1.82, 2.24) is 15.0 Å². The second kappa shape index (κ2) is 6.25. The van der Waals surface area contributed by atoms with Crippen LogP contribution in [0.2, 0.25) is 10.0 Å². The third-order valence-electron chi connectivity index (χ3n) is 2.38. The lowest BCUT2D eigenvalue weighted by atomic mass is 10.3. The second-order valence-corrected chi connectivity index (χ2v) is 5.95. The van der Waals surface area contributed by atoms with Crippen molar-refractivity contribution in [1.29, 1.82) is 0 Å². The van der Waals surface area contributed by atoms with E-state index in [2.05, 4.69) is 9.97 Å². The van der Waals surface area contributed by atoms with Gasteiger partial charge in [-0.25, -0.2) is 4.98 Å². The van der Waals surface area contributed by atoms with Gasteiger partial charge in [-0.2, -0.15) is 22.0 Å². The van der Waals surface area contributed by atoms with E-state index in [4.69, 9.17) is 23.2 Å². The van der Waals surface area contributed by atoms with Crippen LogP contribution < -0.4 is 5.56 Å². The van der Waals surface area contributed by atoms with E-state index >= 15 is 0 Å². The fourth-order valence-corrected chi connectivity index (χ4v) is 3.07. The molecule has 0 atom stereocenters. The molecule has 2 heterocycles. The normalized spacial score (nSPS) is 12.5. The van der Waals surface area contributed by atoms with Crippen LogP contribution in [0.4, 0.5) is 22.0 Å². The van der Waals surface area contributed by atoms with Gasteiger partial charge in [-0.1, -0.05) is 23.2 Å². The molecule has 2 aromatic rings. The molecule has 2 rings (SSSR count). The molecule has 4 nitrogen and oxygen atoms in total. The van der Waals surface area contributed by atoms with Crippen LogP contribution in [0.1, 0.15) is 11.3 Å². The molecule has 0 amide bonds. The van der Waals surface area contributed by atoms with Crippen molar-refractivity contribution in [3.05, 3.63) is 50.1 Å². The number of aromatic amines is 1. The summed E-state index contributed by atoms with van der Waals surface area (Å²) in [6, 6.07) is 0.161. The number of H-pyrrole nitrogens is 1. The lowest BCUT2D eigenvalue weighted by molar-refractivity contribution is -0.141. The Morgan fingerprint density at radius 2 is 1.65 bits per heavy atom. The molecule has 0 fully saturated rings. The number of alkyl halides is 5. The summed E-state index contributed by atoms with van der Waals surface area (Å²) in [5.74, 6) is 0. The van der Waals surface area contributed by atoms with Crippen LogP contribution in [-0.4, -0.2) is 15.0 Å². The van der Waals surface area contributed by atoms with E-state index in [1.165, 1.54) is 0 Å². The smallest absolute Gasteiger partial charge is 0.301 e. The number of nitrogens with one attached hydrogen (secondary N) is 1. The minimum Gasteiger partial charge on any atom is -0.301 e. The molecule has 124 valence electrons. The molecular formula is C11H4Cl2F5N3OS. The van der Waals surface area contributed by atoms with Gasteiger partial charge in [-0.3, -0.25) is 9.78 Å². The Hall–Kier alpha value is -1.39. The van der Waals surface area contributed by atoms with E-state index in [0.29, 0.717) is 0 Å². The van der Waals surface area contributed by atoms with E-state index in [-0.39, 0.29) is 6.07 Å². The first-order valence-corrected chi connectivity index (χ1v) is 7.13. The highest BCUT2D eigenvalue weighted by atomic mass is 35.5. The maximum Gasteiger partial charge on any atom is 0.433 e. The summed E-state index contributed by atoms with van der Waals surface area (Å²) in [5, 5.41) is -5.75. The molecule has 0 saturated carbocycles. The maximum absolute atomic E-state index is 14.2. The lowest BCUT2D eigenvalue weighted by Gasteiger charge is -2.18. The van der Waals surface area contributed by atoms with E-state index in [1.54, 1.807) is 4.98 Å². The van der Waals surface area contributed by atoms with Gasteiger partial charge in [0.2, 0.25) is 0 Å². The number of aromatic nitrogens is 3. The molecule has 0 unspecified atom stereocenters. The molecule has 0 aliphatic carbocycles. The fraction of sp³-hybridized carbons (Fsp3) is 0.182. The molecule has 0 aromatic carbocycles. The summed E-state index contributed by atoms with van der Waals surface area (Å²) in [6.07, 6.45) is -3.15. The highest BCUT2D eigenvalue weighted by Gasteiger charge is 2.40. The van der Waals surface area contributed by atoms with Crippen LogP contribution in [-0.2, 0) is 11.4 Å². The summed E-state index contributed by atoms with van der Waals surface area (Å²) in [5.41, 5.74) is -3.66. The molecule has 23 heavy (non-hydrogen) atoms. The summed E-state index contributed by atoms with van der Waals surface area (Å²) in [7, 11) is 0. The molecule has 1 N–H and O–H groups in total. The first-order chi connectivity index (χ1) is 10.5. The van der Waals surface area contributed by atoms with Gasteiger partial charge in [0.25, 0.3) is 5.56 Å². The minimum absolute atomic E-state index is 0.161. The standard InChI is InChI=1S/C11H4Cl2F5N3OS/c12-4-2-19-3-5(13)8(4)11(17,18)23-9-20-6(10(14,15)16)1-7(22)21-9/h1-3H,(H,20,21,22). The Morgan fingerprint density at radius 1 is 1.09 bits per heavy atom. The average Bonchev–Trinajstić information content (AvgIpc) is 2.35. The molecule has 0 aliphatic heterocycles. The Balaban J connectivity index is 2.46. The Bertz CT molecular complexity index is 776. The second-order valence-electron chi connectivity index (χ2n) is 4.03. The summed E-state index contributed by atoms with van der Waals surface area (Å²) in [6.45, 7) is 0. The van der Waals surface area contributed by atoms with Crippen molar-refractivity contribution in [3.63, 3.8) is 0 Å². The van der Waals surface area contributed by atoms with Gasteiger partial charge in [0.1, 0.15) is 0 Å². The highest BCUT2D eigenvalue weighted by molar-refractivity contribution is 7.99. The fourth-order valence-electron chi connectivity index (χ4n) is 1.49. The van der Waals surface area contributed by atoms with Crippen molar-refractivity contribution >= 4 is 35.0 Å². The van der Waals surface area contributed by atoms with Crippen LogP contribution in [0.5, 0.6) is 0 Å². The van der Waals surface area contributed by atoms with Gasteiger partial charge in [0, 0.05) is 18.5 Å². The van der Waals surface area contributed by atoms with E-state index in [0.717, 1.165) is 12.4 Å². The maximum atomic E-state index is 14.2.